The summed E-state index contributed by atoms with van der Waals surface area (Å²) < 4.78 is 1.74. The Morgan fingerprint density at radius 1 is 1.22 bits per heavy atom. The minimum atomic E-state index is -0.870. The van der Waals surface area contributed by atoms with Crippen LogP contribution in [0.25, 0.3) is 5.69 Å². The average molecular weight is 315 g/mol. The van der Waals surface area contributed by atoms with E-state index in [0.29, 0.717) is 18.5 Å². The molecule has 1 aromatic heterocycles. The number of carbonyl (C=O) groups is 2. The molecule has 0 aliphatic heterocycles. The molecule has 2 rings (SSSR count). The molecule has 2 aromatic rings. The molecule has 23 heavy (non-hydrogen) atoms. The normalized spacial score (nSPS) is 11.3. The molecule has 1 heterocycles. The largest absolute Gasteiger partial charge is 0.481 e. The van der Waals surface area contributed by atoms with E-state index in [1.807, 2.05) is 31.3 Å². The van der Waals surface area contributed by atoms with E-state index in [1.165, 1.54) is 0 Å². The first-order valence-electron chi connectivity index (χ1n) is 7.44. The molecule has 1 aromatic carbocycles. The molecule has 0 saturated heterocycles. The molecule has 0 aliphatic rings. The number of carbonyl (C=O) groups excluding carboxylic acids is 1. The number of aromatic nitrogens is 2. The zero-order valence-electron chi connectivity index (χ0n) is 13.5. The van der Waals surface area contributed by atoms with E-state index < -0.39 is 11.4 Å². The number of carboxylic acids is 1. The molecule has 1 amide bonds. The Balaban J connectivity index is 1.94. The summed E-state index contributed by atoms with van der Waals surface area (Å²) in [6, 6.07) is 9.00. The van der Waals surface area contributed by atoms with Crippen molar-refractivity contribution >= 4 is 11.9 Å². The van der Waals surface area contributed by atoms with Crippen LogP contribution in [0.5, 0.6) is 0 Å². The molecular formula is C17H21N3O3. The smallest absolute Gasteiger partial charge is 0.309 e. The van der Waals surface area contributed by atoms with Gasteiger partial charge in [-0.05, 0) is 57.5 Å². The van der Waals surface area contributed by atoms with E-state index in [-0.39, 0.29) is 5.91 Å². The monoisotopic (exact) mass is 315 g/mol. The summed E-state index contributed by atoms with van der Waals surface area (Å²) in [5.74, 6) is -1.08. The molecule has 6 heteroatoms. The Morgan fingerprint density at radius 3 is 2.39 bits per heavy atom. The van der Waals surface area contributed by atoms with E-state index in [1.54, 1.807) is 30.7 Å². The van der Waals surface area contributed by atoms with Crippen LogP contribution < -0.4 is 5.32 Å². The van der Waals surface area contributed by atoms with Gasteiger partial charge in [-0.2, -0.15) is 5.10 Å². The van der Waals surface area contributed by atoms with Crippen molar-refractivity contribution in [2.45, 2.75) is 27.2 Å². The molecule has 0 radical (unpaired) electrons. The van der Waals surface area contributed by atoms with Gasteiger partial charge in [0.15, 0.2) is 0 Å². The third-order valence-corrected chi connectivity index (χ3v) is 3.73. The fourth-order valence-corrected chi connectivity index (χ4v) is 2.02. The van der Waals surface area contributed by atoms with Gasteiger partial charge in [0.05, 0.1) is 16.8 Å². The maximum atomic E-state index is 12.1. The Morgan fingerprint density at radius 2 is 1.87 bits per heavy atom. The van der Waals surface area contributed by atoms with Gasteiger partial charge >= 0.3 is 5.97 Å². The van der Waals surface area contributed by atoms with E-state index in [9.17, 15) is 9.59 Å². The van der Waals surface area contributed by atoms with Crippen molar-refractivity contribution in [2.24, 2.45) is 5.41 Å². The van der Waals surface area contributed by atoms with Gasteiger partial charge in [0.25, 0.3) is 5.91 Å². The molecule has 0 bridgehead atoms. The Kier molecular flexibility index (Phi) is 4.83. The SMILES string of the molecule is Cc1ccn(-c2ccc(C(=O)NCCC(C)(C)C(=O)O)cc2)n1. The number of nitrogens with zero attached hydrogens (tertiary/aromatic N) is 2. The summed E-state index contributed by atoms with van der Waals surface area (Å²) in [6.45, 7) is 5.51. The van der Waals surface area contributed by atoms with Crippen molar-refractivity contribution in [1.82, 2.24) is 15.1 Å². The third kappa shape index (κ3) is 4.18. The van der Waals surface area contributed by atoms with Crippen LogP contribution in [0.1, 0.15) is 36.3 Å². The molecule has 0 fully saturated rings. The fourth-order valence-electron chi connectivity index (χ4n) is 2.02. The van der Waals surface area contributed by atoms with E-state index >= 15 is 0 Å². The predicted molar refractivity (Wildman–Crippen MR) is 86.7 cm³/mol. The van der Waals surface area contributed by atoms with Crippen LogP contribution >= 0.6 is 0 Å². The highest BCUT2D eigenvalue weighted by atomic mass is 16.4. The standard InChI is InChI=1S/C17H21N3O3/c1-12-8-11-20(19-12)14-6-4-13(5-7-14)15(21)18-10-9-17(2,3)16(22)23/h4-8,11H,9-10H2,1-3H3,(H,18,21)(H,22,23). The topological polar surface area (TPSA) is 84.2 Å². The Bertz CT molecular complexity index is 702. The van der Waals surface area contributed by atoms with Gasteiger partial charge in [-0.15, -0.1) is 0 Å². The van der Waals surface area contributed by atoms with Crippen LogP contribution in [-0.2, 0) is 4.79 Å². The van der Waals surface area contributed by atoms with Gasteiger partial charge in [-0.1, -0.05) is 0 Å². The van der Waals surface area contributed by atoms with Crippen molar-refractivity contribution in [1.29, 1.82) is 0 Å². The zero-order chi connectivity index (χ0) is 17.0. The van der Waals surface area contributed by atoms with Gasteiger partial charge in [0.1, 0.15) is 0 Å². The summed E-state index contributed by atoms with van der Waals surface area (Å²) in [5.41, 5.74) is 1.48. The highest BCUT2D eigenvalue weighted by molar-refractivity contribution is 5.94. The van der Waals surface area contributed by atoms with Crippen molar-refractivity contribution in [2.75, 3.05) is 6.54 Å². The van der Waals surface area contributed by atoms with Crippen molar-refractivity contribution in [3.63, 3.8) is 0 Å². The lowest BCUT2D eigenvalue weighted by Crippen LogP contribution is -2.31. The van der Waals surface area contributed by atoms with Crippen molar-refractivity contribution < 1.29 is 14.7 Å². The zero-order valence-corrected chi connectivity index (χ0v) is 13.5. The first-order valence-corrected chi connectivity index (χ1v) is 7.44. The first kappa shape index (κ1) is 16.7. The van der Waals surface area contributed by atoms with E-state index in [0.717, 1.165) is 11.4 Å². The van der Waals surface area contributed by atoms with Gasteiger partial charge in [0.2, 0.25) is 0 Å². The maximum Gasteiger partial charge on any atom is 0.309 e. The number of benzene rings is 1. The molecule has 0 saturated carbocycles. The second-order valence-electron chi connectivity index (χ2n) is 6.14. The van der Waals surface area contributed by atoms with Crippen molar-refractivity contribution in [3.05, 3.63) is 47.8 Å². The molecule has 6 nitrogen and oxygen atoms in total. The maximum absolute atomic E-state index is 12.1. The highest BCUT2D eigenvalue weighted by Crippen LogP contribution is 2.19. The number of aryl methyl sites for hydroxylation is 1. The first-order chi connectivity index (χ1) is 10.8. The Hall–Kier alpha value is -2.63. The summed E-state index contributed by atoms with van der Waals surface area (Å²) >= 11 is 0. The number of hydrogen-bond acceptors (Lipinski definition) is 3. The predicted octanol–water partition coefficient (Wildman–Crippen LogP) is 2.41. The highest BCUT2D eigenvalue weighted by Gasteiger charge is 2.26. The van der Waals surface area contributed by atoms with Gasteiger partial charge < -0.3 is 10.4 Å². The molecule has 0 spiro atoms. The summed E-state index contributed by atoms with van der Waals surface area (Å²) in [6.07, 6.45) is 2.23. The van der Waals surface area contributed by atoms with Gasteiger partial charge in [-0.3, -0.25) is 9.59 Å². The molecule has 2 N–H and O–H groups in total. The number of hydrogen-bond donors (Lipinski definition) is 2. The number of rotatable bonds is 6. The second-order valence-corrected chi connectivity index (χ2v) is 6.14. The third-order valence-electron chi connectivity index (χ3n) is 3.73. The quantitative estimate of drug-likeness (QED) is 0.857. The van der Waals surface area contributed by atoms with E-state index in [4.69, 9.17) is 5.11 Å². The fraction of sp³-hybridized carbons (Fsp3) is 0.353. The molecule has 122 valence electrons. The number of carboxylic acid groups (broad SMARTS) is 1. The minimum absolute atomic E-state index is 0.214. The molecule has 0 atom stereocenters. The van der Waals surface area contributed by atoms with Crippen molar-refractivity contribution in [3.8, 4) is 5.69 Å². The van der Waals surface area contributed by atoms with Crippen LogP contribution in [0, 0.1) is 12.3 Å². The molecular weight excluding hydrogens is 294 g/mol. The summed E-state index contributed by atoms with van der Waals surface area (Å²) in [4.78, 5) is 23.1. The number of nitrogens with one attached hydrogen (secondary N) is 1. The van der Waals surface area contributed by atoms with Crippen LogP contribution in [0.4, 0.5) is 0 Å². The van der Waals surface area contributed by atoms with E-state index in [2.05, 4.69) is 10.4 Å². The van der Waals surface area contributed by atoms with Crippen LogP contribution in [0.15, 0.2) is 36.5 Å². The minimum Gasteiger partial charge on any atom is -0.481 e. The molecule has 0 unspecified atom stereocenters. The lowest BCUT2D eigenvalue weighted by atomic mass is 9.90. The Labute approximate surface area is 135 Å². The van der Waals surface area contributed by atoms with Crippen LogP contribution in [0.2, 0.25) is 0 Å². The number of amides is 1. The lowest BCUT2D eigenvalue weighted by molar-refractivity contribution is -0.147. The second kappa shape index (κ2) is 6.64. The number of aliphatic carboxylic acids is 1. The molecule has 0 aliphatic carbocycles. The van der Waals surface area contributed by atoms with Gasteiger partial charge in [0, 0.05) is 18.3 Å². The van der Waals surface area contributed by atoms with Crippen LogP contribution in [-0.4, -0.2) is 33.3 Å². The average Bonchev–Trinajstić information content (AvgIpc) is 2.93. The summed E-state index contributed by atoms with van der Waals surface area (Å²) in [7, 11) is 0. The lowest BCUT2D eigenvalue weighted by Gasteiger charge is -2.18. The van der Waals surface area contributed by atoms with Crippen LogP contribution in [0.3, 0.4) is 0 Å². The summed E-state index contributed by atoms with van der Waals surface area (Å²) in [5, 5.41) is 16.1. The van der Waals surface area contributed by atoms with Gasteiger partial charge in [-0.25, -0.2) is 4.68 Å².